The average molecular weight is 531 g/mol. The monoisotopic (exact) mass is 531 g/mol. The molecule has 0 aromatic heterocycles. The topological polar surface area (TPSA) is 57.2 Å². The third-order valence-corrected chi connectivity index (χ3v) is 6.94. The fourth-order valence-electron chi connectivity index (χ4n) is 5.14. The van der Waals surface area contributed by atoms with Crippen molar-refractivity contribution in [3.8, 4) is 11.5 Å². The molecule has 1 amide bonds. The number of ether oxygens (including phenoxy) is 4. The van der Waals surface area contributed by atoms with Crippen molar-refractivity contribution in [2.45, 2.75) is 50.4 Å². The highest BCUT2D eigenvalue weighted by Gasteiger charge is 2.60. The lowest BCUT2D eigenvalue weighted by molar-refractivity contribution is -0.308. The molecule has 37 heavy (non-hydrogen) atoms. The van der Waals surface area contributed by atoms with E-state index in [-0.39, 0.29) is 31.7 Å². The Hall–Kier alpha value is -3.15. The summed E-state index contributed by atoms with van der Waals surface area (Å²) < 4.78 is 97.3. The van der Waals surface area contributed by atoms with Gasteiger partial charge in [0.25, 0.3) is 6.10 Å². The molecule has 0 aliphatic carbocycles. The third-order valence-electron chi connectivity index (χ3n) is 6.94. The lowest BCUT2D eigenvalue weighted by Gasteiger charge is -2.37. The van der Waals surface area contributed by atoms with E-state index in [4.69, 9.17) is 14.2 Å². The van der Waals surface area contributed by atoms with E-state index >= 15 is 0 Å². The fraction of sp³-hybridized carbons (Fsp3) is 0.480. The summed E-state index contributed by atoms with van der Waals surface area (Å²) >= 11 is 0. The zero-order chi connectivity index (χ0) is 26.4. The molecule has 3 aliphatic heterocycles. The van der Waals surface area contributed by atoms with Gasteiger partial charge in [0.2, 0.25) is 6.79 Å². The molecule has 3 aliphatic rings. The summed E-state index contributed by atoms with van der Waals surface area (Å²) in [6.07, 6.45) is -16.6. The second kappa shape index (κ2) is 9.62. The molecule has 0 radical (unpaired) electrons. The maximum absolute atomic E-state index is 12.8. The first-order valence-corrected chi connectivity index (χ1v) is 11.7. The van der Waals surface area contributed by atoms with E-state index in [1.54, 1.807) is 0 Å². The molecule has 200 valence electrons. The van der Waals surface area contributed by atoms with Gasteiger partial charge in [-0.3, -0.25) is 0 Å². The molecule has 0 bridgehead atoms. The van der Waals surface area contributed by atoms with Gasteiger partial charge in [-0.15, -0.1) is 0 Å². The van der Waals surface area contributed by atoms with Gasteiger partial charge in [-0.1, -0.05) is 24.3 Å². The molecule has 0 spiro atoms. The first-order valence-electron chi connectivity index (χ1n) is 11.7. The van der Waals surface area contributed by atoms with Crippen LogP contribution < -0.4 is 9.47 Å². The molecule has 0 N–H and O–H groups in total. The minimum atomic E-state index is -5.76. The van der Waals surface area contributed by atoms with Crippen LogP contribution in [0.1, 0.15) is 41.0 Å². The molecule has 1 atom stereocenters. The third kappa shape index (κ3) is 5.29. The summed E-state index contributed by atoms with van der Waals surface area (Å²) in [4.78, 5) is 13.1. The Morgan fingerprint density at radius 3 is 2.19 bits per heavy atom. The summed E-state index contributed by atoms with van der Waals surface area (Å²) in [6, 6.07) is 11.7. The lowest BCUT2D eigenvalue weighted by atomic mass is 9.75. The van der Waals surface area contributed by atoms with Crippen LogP contribution in [0.15, 0.2) is 36.4 Å². The second-order valence-electron chi connectivity index (χ2n) is 9.28. The van der Waals surface area contributed by atoms with E-state index < -0.39 is 24.5 Å². The van der Waals surface area contributed by atoms with Gasteiger partial charge < -0.3 is 23.8 Å². The highest BCUT2D eigenvalue weighted by atomic mass is 19.4. The largest absolute Gasteiger partial charge is 0.454 e. The van der Waals surface area contributed by atoms with Crippen molar-refractivity contribution >= 4 is 6.09 Å². The molecule has 2 aromatic carbocycles. The number of piperidine rings is 1. The molecule has 1 saturated heterocycles. The fourth-order valence-corrected chi connectivity index (χ4v) is 5.14. The van der Waals surface area contributed by atoms with Gasteiger partial charge >= 0.3 is 18.4 Å². The van der Waals surface area contributed by atoms with E-state index in [1.165, 1.54) is 0 Å². The quantitative estimate of drug-likeness (QED) is 0.459. The van der Waals surface area contributed by atoms with Gasteiger partial charge in [-0.2, -0.15) is 26.3 Å². The van der Waals surface area contributed by atoms with E-state index in [0.717, 1.165) is 27.2 Å². The number of hydrogen-bond donors (Lipinski definition) is 0. The Bertz CT molecular complexity index is 1090. The predicted octanol–water partition coefficient (Wildman–Crippen LogP) is 5.92. The number of benzene rings is 2. The van der Waals surface area contributed by atoms with Crippen molar-refractivity contribution in [3.05, 3.63) is 58.7 Å². The maximum Gasteiger partial charge on any atom is 0.434 e. The Morgan fingerprint density at radius 1 is 0.865 bits per heavy atom. The van der Waals surface area contributed by atoms with Crippen LogP contribution in [0.25, 0.3) is 0 Å². The van der Waals surface area contributed by atoms with E-state index in [0.29, 0.717) is 37.6 Å². The van der Waals surface area contributed by atoms with Gasteiger partial charge in [0.15, 0.2) is 11.5 Å². The van der Waals surface area contributed by atoms with Crippen LogP contribution >= 0.6 is 0 Å². The van der Waals surface area contributed by atoms with Gasteiger partial charge in [0.05, 0.1) is 13.2 Å². The number of hydrogen-bond acceptors (Lipinski definition) is 5. The second-order valence-corrected chi connectivity index (χ2v) is 9.28. The van der Waals surface area contributed by atoms with Gasteiger partial charge in [0, 0.05) is 19.0 Å². The standard InChI is InChI=1S/C25H23F6NO5/c26-24(27,28)22(25(29,30)31)37-23(33)32-7-5-14(6-8-32)21(15-1-2-17-11-34-12-18(17)9-15)16-3-4-19-20(10-16)36-13-35-19/h1-4,9-10,14,21-22H,5-8,11-13H2. The van der Waals surface area contributed by atoms with Crippen LogP contribution in [0.4, 0.5) is 31.1 Å². The summed E-state index contributed by atoms with van der Waals surface area (Å²) in [5.74, 6) is 1.01. The minimum Gasteiger partial charge on any atom is -0.454 e. The van der Waals surface area contributed by atoms with Crippen molar-refractivity contribution in [2.75, 3.05) is 19.9 Å². The first kappa shape index (κ1) is 25.5. The van der Waals surface area contributed by atoms with E-state index in [1.807, 2.05) is 30.3 Å². The van der Waals surface area contributed by atoms with Crippen molar-refractivity contribution in [3.63, 3.8) is 0 Å². The Labute approximate surface area is 208 Å². The average Bonchev–Trinajstić information content (AvgIpc) is 3.50. The van der Waals surface area contributed by atoms with E-state index in [9.17, 15) is 31.1 Å². The van der Waals surface area contributed by atoms with E-state index in [2.05, 4.69) is 10.8 Å². The van der Waals surface area contributed by atoms with Crippen molar-refractivity contribution in [1.29, 1.82) is 0 Å². The van der Waals surface area contributed by atoms with Gasteiger partial charge in [0.1, 0.15) is 0 Å². The molecular formula is C25H23F6NO5. The first-order chi connectivity index (χ1) is 17.5. The van der Waals surface area contributed by atoms with Crippen LogP contribution in [0.5, 0.6) is 11.5 Å². The number of carbonyl (C=O) groups excluding carboxylic acids is 1. The number of nitrogens with zero attached hydrogens (tertiary/aromatic N) is 1. The summed E-state index contributed by atoms with van der Waals surface area (Å²) in [5, 5.41) is 0. The number of likely N-dealkylation sites (tertiary alicyclic amines) is 1. The molecule has 1 fully saturated rings. The van der Waals surface area contributed by atoms with Gasteiger partial charge in [-0.25, -0.2) is 4.79 Å². The van der Waals surface area contributed by atoms with Crippen molar-refractivity contribution in [2.24, 2.45) is 5.92 Å². The normalized spacial score (nSPS) is 18.7. The molecule has 12 heteroatoms. The summed E-state index contributed by atoms with van der Waals surface area (Å²) in [5.41, 5.74) is 4.08. The molecule has 5 rings (SSSR count). The number of fused-ring (bicyclic) bond motifs is 2. The number of halogens is 6. The lowest BCUT2D eigenvalue weighted by Crippen LogP contribution is -2.49. The van der Waals surface area contributed by atoms with Crippen LogP contribution in [0.3, 0.4) is 0 Å². The zero-order valence-corrected chi connectivity index (χ0v) is 19.4. The molecule has 1 unspecified atom stereocenters. The number of rotatable bonds is 4. The van der Waals surface area contributed by atoms with Crippen LogP contribution in [0.2, 0.25) is 0 Å². The summed E-state index contributed by atoms with van der Waals surface area (Å²) in [6.45, 7) is 1.04. The van der Waals surface area contributed by atoms with Crippen LogP contribution in [-0.4, -0.2) is 49.3 Å². The molecule has 3 heterocycles. The minimum absolute atomic E-state index is 0.0406. The van der Waals surface area contributed by atoms with Crippen LogP contribution in [-0.2, 0) is 22.7 Å². The van der Waals surface area contributed by atoms with Crippen molar-refractivity contribution in [1.82, 2.24) is 4.90 Å². The molecule has 0 saturated carbocycles. The number of carbonyl (C=O) groups is 1. The Kier molecular flexibility index (Phi) is 6.63. The molecular weight excluding hydrogens is 508 g/mol. The summed E-state index contributed by atoms with van der Waals surface area (Å²) in [7, 11) is 0. The predicted molar refractivity (Wildman–Crippen MR) is 116 cm³/mol. The Morgan fingerprint density at radius 2 is 1.49 bits per heavy atom. The highest BCUT2D eigenvalue weighted by Crippen LogP contribution is 2.43. The SMILES string of the molecule is O=C(OC(C(F)(F)F)C(F)(F)F)N1CCC(C(c2ccc3c(c2)COC3)c2ccc3c(c2)OCO3)CC1. The Balaban J connectivity index is 1.35. The van der Waals surface area contributed by atoms with Crippen molar-refractivity contribution < 1.29 is 50.1 Å². The maximum atomic E-state index is 12.8. The molecule has 2 aromatic rings. The number of alkyl halides is 6. The number of amides is 1. The smallest absolute Gasteiger partial charge is 0.434 e. The zero-order valence-electron chi connectivity index (χ0n) is 19.4. The van der Waals surface area contributed by atoms with Crippen LogP contribution in [0, 0.1) is 5.92 Å². The molecule has 6 nitrogen and oxygen atoms in total. The highest BCUT2D eigenvalue weighted by molar-refractivity contribution is 5.68. The van der Waals surface area contributed by atoms with Gasteiger partial charge in [-0.05, 0) is 53.1 Å².